The van der Waals surface area contributed by atoms with Crippen molar-refractivity contribution in [2.45, 2.75) is 13.5 Å². The molecule has 3 rings (SSSR count). The summed E-state index contributed by atoms with van der Waals surface area (Å²) in [6.07, 6.45) is 3.99. The molecule has 0 aliphatic carbocycles. The van der Waals surface area contributed by atoms with Gasteiger partial charge >= 0.3 is 0 Å². The Kier molecular flexibility index (Phi) is 5.27. The van der Waals surface area contributed by atoms with Crippen LogP contribution in [0.2, 0.25) is 5.02 Å². The molecule has 0 spiro atoms. The van der Waals surface area contributed by atoms with Gasteiger partial charge < -0.3 is 15.4 Å². The second-order valence-electron chi connectivity index (χ2n) is 6.13. The summed E-state index contributed by atoms with van der Waals surface area (Å²) in [4.78, 5) is 6.66. The van der Waals surface area contributed by atoms with Crippen LogP contribution in [0.3, 0.4) is 0 Å². The lowest BCUT2D eigenvalue weighted by molar-refractivity contribution is 0.206. The minimum absolute atomic E-state index is 0.454. The molecule has 0 aliphatic heterocycles. The fourth-order valence-electron chi connectivity index (χ4n) is 3.02. The van der Waals surface area contributed by atoms with Crippen LogP contribution in [0.5, 0.6) is 0 Å². The Hall–Kier alpha value is -2.08. The first-order valence-electron chi connectivity index (χ1n) is 8.21. The summed E-state index contributed by atoms with van der Waals surface area (Å²) >= 11 is 6.11. The molecule has 0 atom stereocenters. The number of hydrogen-bond acceptors (Lipinski definition) is 4. The molecule has 2 heterocycles. The molecule has 5 nitrogen and oxygen atoms in total. The van der Waals surface area contributed by atoms with Crippen LogP contribution in [0.25, 0.3) is 16.8 Å². The van der Waals surface area contributed by atoms with Crippen LogP contribution in [0.15, 0.2) is 36.7 Å². The van der Waals surface area contributed by atoms with Gasteiger partial charge in [-0.05, 0) is 41.8 Å². The summed E-state index contributed by atoms with van der Waals surface area (Å²) in [7, 11) is 3.74. The van der Waals surface area contributed by atoms with E-state index in [-0.39, 0.29) is 0 Å². The summed E-state index contributed by atoms with van der Waals surface area (Å²) < 4.78 is 7.27. The Morgan fingerprint density at radius 1 is 1.28 bits per heavy atom. The molecule has 0 bridgehead atoms. The van der Waals surface area contributed by atoms with Gasteiger partial charge in [-0.25, -0.2) is 4.98 Å². The molecule has 6 heteroatoms. The molecule has 0 saturated heterocycles. The molecule has 132 valence electrons. The highest BCUT2D eigenvalue weighted by Crippen LogP contribution is 2.31. The topological polar surface area (TPSA) is 55.8 Å². The number of pyridine rings is 1. The lowest BCUT2D eigenvalue weighted by Gasteiger charge is -2.19. The number of imidazole rings is 1. The molecular weight excluding hydrogens is 336 g/mol. The largest absolute Gasteiger partial charge is 0.383 e. The van der Waals surface area contributed by atoms with Crippen LogP contribution in [-0.2, 0) is 11.3 Å². The van der Waals surface area contributed by atoms with E-state index >= 15 is 0 Å². The molecule has 0 amide bonds. The van der Waals surface area contributed by atoms with Crippen LogP contribution in [0.1, 0.15) is 11.1 Å². The fraction of sp³-hybridized carbons (Fsp3) is 0.316. The number of nitrogens with two attached hydrogens (primary N) is 1. The zero-order valence-corrected chi connectivity index (χ0v) is 15.5. The Morgan fingerprint density at radius 2 is 2.08 bits per heavy atom. The molecule has 2 N–H and O–H groups in total. The number of nitrogens with zero attached hydrogens (tertiary/aromatic N) is 3. The Morgan fingerprint density at radius 3 is 2.76 bits per heavy atom. The van der Waals surface area contributed by atoms with Crippen molar-refractivity contribution in [2.24, 2.45) is 5.73 Å². The van der Waals surface area contributed by atoms with Crippen molar-refractivity contribution in [3.05, 3.63) is 52.8 Å². The molecule has 3 aromatic rings. The molecular formula is C19H23ClN4O. The van der Waals surface area contributed by atoms with Crippen LogP contribution in [-0.4, -0.2) is 36.7 Å². The summed E-state index contributed by atoms with van der Waals surface area (Å²) in [6, 6.07) is 7.98. The molecule has 1 aromatic carbocycles. The van der Waals surface area contributed by atoms with Crippen molar-refractivity contribution in [3.8, 4) is 11.1 Å². The number of fused-ring (bicyclic) bond motifs is 1. The van der Waals surface area contributed by atoms with Crippen molar-refractivity contribution in [1.82, 2.24) is 9.38 Å². The van der Waals surface area contributed by atoms with E-state index in [0.29, 0.717) is 13.2 Å². The average molecular weight is 359 g/mol. The first-order valence-corrected chi connectivity index (χ1v) is 8.59. The van der Waals surface area contributed by atoms with E-state index in [0.717, 1.165) is 45.3 Å². The third kappa shape index (κ3) is 3.49. The standard InChI is InChI=1S/C19H23ClN4O/c1-13-8-15(20)4-5-16(13)17-12-24-18(9-14(17)10-21)22-11-19(24)23(2)6-7-25-3/h4-5,8-9,11-12H,6-7,10,21H2,1-3H3. The second-order valence-corrected chi connectivity index (χ2v) is 6.57. The number of benzene rings is 1. The predicted octanol–water partition coefficient (Wildman–Crippen LogP) is 3.50. The fourth-order valence-corrected chi connectivity index (χ4v) is 3.24. The third-order valence-electron chi connectivity index (χ3n) is 4.43. The maximum absolute atomic E-state index is 6.11. The Labute approximate surface area is 153 Å². The van der Waals surface area contributed by atoms with Gasteiger partial charge in [-0.2, -0.15) is 0 Å². The van der Waals surface area contributed by atoms with Gasteiger partial charge in [-0.3, -0.25) is 4.40 Å². The quantitative estimate of drug-likeness (QED) is 0.732. The van der Waals surface area contributed by atoms with Gasteiger partial charge in [0.1, 0.15) is 11.5 Å². The van der Waals surface area contributed by atoms with Gasteiger partial charge in [0.2, 0.25) is 0 Å². The maximum Gasteiger partial charge on any atom is 0.138 e. The van der Waals surface area contributed by atoms with E-state index < -0.39 is 0 Å². The molecule has 25 heavy (non-hydrogen) atoms. The van der Waals surface area contributed by atoms with E-state index in [1.165, 1.54) is 0 Å². The number of hydrogen-bond donors (Lipinski definition) is 1. The van der Waals surface area contributed by atoms with E-state index in [1.54, 1.807) is 7.11 Å². The smallest absolute Gasteiger partial charge is 0.138 e. The normalized spacial score (nSPS) is 11.2. The third-order valence-corrected chi connectivity index (χ3v) is 4.67. The number of ether oxygens (including phenoxy) is 1. The van der Waals surface area contributed by atoms with Gasteiger partial charge in [0.25, 0.3) is 0 Å². The number of rotatable bonds is 6. The van der Waals surface area contributed by atoms with Crippen LogP contribution >= 0.6 is 11.6 Å². The minimum atomic E-state index is 0.454. The van der Waals surface area contributed by atoms with Gasteiger partial charge in [-0.1, -0.05) is 17.7 Å². The Bertz CT molecular complexity index is 891. The summed E-state index contributed by atoms with van der Waals surface area (Å²) in [6.45, 7) is 3.97. The highest BCUT2D eigenvalue weighted by atomic mass is 35.5. The van der Waals surface area contributed by atoms with Gasteiger partial charge in [0, 0.05) is 44.0 Å². The van der Waals surface area contributed by atoms with Crippen molar-refractivity contribution >= 4 is 23.1 Å². The van der Waals surface area contributed by atoms with Crippen LogP contribution in [0, 0.1) is 6.92 Å². The number of likely N-dealkylation sites (N-methyl/N-ethyl adjacent to an activating group) is 1. The lowest BCUT2D eigenvalue weighted by Crippen LogP contribution is -2.23. The average Bonchev–Trinajstić information content (AvgIpc) is 3.01. The van der Waals surface area contributed by atoms with E-state index in [4.69, 9.17) is 22.1 Å². The van der Waals surface area contributed by atoms with Crippen LogP contribution < -0.4 is 10.6 Å². The molecule has 2 aromatic heterocycles. The zero-order valence-electron chi connectivity index (χ0n) is 14.8. The number of aromatic nitrogens is 2. The maximum atomic E-state index is 6.11. The summed E-state index contributed by atoms with van der Waals surface area (Å²) in [5, 5.41) is 0.735. The summed E-state index contributed by atoms with van der Waals surface area (Å²) in [5.41, 5.74) is 11.3. The van der Waals surface area contributed by atoms with Gasteiger partial charge in [-0.15, -0.1) is 0 Å². The second kappa shape index (κ2) is 7.44. The van der Waals surface area contributed by atoms with Crippen LogP contribution in [0.4, 0.5) is 5.82 Å². The molecule has 0 aliphatic rings. The van der Waals surface area contributed by atoms with Crippen molar-refractivity contribution in [3.63, 3.8) is 0 Å². The summed E-state index contributed by atoms with van der Waals surface area (Å²) in [5.74, 6) is 1.02. The number of methoxy groups -OCH3 is 1. The van der Waals surface area contributed by atoms with Crippen molar-refractivity contribution < 1.29 is 4.74 Å². The minimum Gasteiger partial charge on any atom is -0.383 e. The van der Waals surface area contributed by atoms with Crippen molar-refractivity contribution in [2.75, 3.05) is 32.2 Å². The highest BCUT2D eigenvalue weighted by Gasteiger charge is 2.14. The first kappa shape index (κ1) is 17.7. The molecule has 0 radical (unpaired) electrons. The molecule has 0 saturated carbocycles. The number of anilines is 1. The molecule has 0 unspecified atom stereocenters. The highest BCUT2D eigenvalue weighted by molar-refractivity contribution is 6.30. The lowest BCUT2D eigenvalue weighted by atomic mass is 9.98. The molecule has 0 fully saturated rings. The van der Waals surface area contributed by atoms with Gasteiger partial charge in [0.15, 0.2) is 0 Å². The number of halogens is 1. The zero-order chi connectivity index (χ0) is 18.0. The first-order chi connectivity index (χ1) is 12.0. The monoisotopic (exact) mass is 358 g/mol. The predicted molar refractivity (Wildman–Crippen MR) is 103 cm³/mol. The van der Waals surface area contributed by atoms with E-state index in [9.17, 15) is 0 Å². The van der Waals surface area contributed by atoms with Crippen molar-refractivity contribution in [1.29, 1.82) is 0 Å². The Balaban J connectivity index is 2.14. The SMILES string of the molecule is COCCN(C)c1cnc2cc(CN)c(-c3ccc(Cl)cc3C)cn12. The van der Waals surface area contributed by atoms with E-state index in [1.807, 2.05) is 31.4 Å². The van der Waals surface area contributed by atoms with E-state index in [2.05, 4.69) is 33.5 Å². The van der Waals surface area contributed by atoms with Gasteiger partial charge in [0.05, 0.1) is 12.8 Å². The number of aryl methyl sites for hydroxylation is 1.